The summed E-state index contributed by atoms with van der Waals surface area (Å²) in [6, 6.07) is 1.88. The molecule has 2 heterocycles. The maximum Gasteiger partial charge on any atom is 0.247 e. The SMILES string of the molecule is CS(=O)(=O)c1ncc2cc(C3CC3)nc(Cl)c2n1. The zero-order valence-corrected chi connectivity index (χ0v) is 11.2. The first-order valence-electron chi connectivity index (χ1n) is 5.48. The average molecular weight is 284 g/mol. The Hall–Kier alpha value is -1.27. The van der Waals surface area contributed by atoms with Crippen molar-refractivity contribution in [2.75, 3.05) is 6.26 Å². The van der Waals surface area contributed by atoms with Crippen molar-refractivity contribution < 1.29 is 8.42 Å². The monoisotopic (exact) mass is 283 g/mol. The van der Waals surface area contributed by atoms with Gasteiger partial charge in [0.2, 0.25) is 15.0 Å². The number of hydrogen-bond acceptors (Lipinski definition) is 5. The third-order valence-corrected chi connectivity index (χ3v) is 3.97. The third-order valence-electron chi connectivity index (χ3n) is 2.85. The van der Waals surface area contributed by atoms with Gasteiger partial charge in [-0.1, -0.05) is 11.6 Å². The lowest BCUT2D eigenvalue weighted by molar-refractivity contribution is 0.594. The van der Waals surface area contributed by atoms with Crippen molar-refractivity contribution in [3.63, 3.8) is 0 Å². The lowest BCUT2D eigenvalue weighted by atomic mass is 10.2. The lowest BCUT2D eigenvalue weighted by Crippen LogP contribution is -2.04. The molecule has 0 aromatic carbocycles. The highest BCUT2D eigenvalue weighted by atomic mass is 35.5. The summed E-state index contributed by atoms with van der Waals surface area (Å²) < 4.78 is 22.8. The fourth-order valence-corrected chi connectivity index (χ4v) is 2.52. The van der Waals surface area contributed by atoms with Crippen LogP contribution in [0.15, 0.2) is 17.4 Å². The molecule has 5 nitrogen and oxygen atoms in total. The van der Waals surface area contributed by atoms with E-state index in [4.69, 9.17) is 11.6 Å². The van der Waals surface area contributed by atoms with Gasteiger partial charge >= 0.3 is 0 Å². The van der Waals surface area contributed by atoms with Gasteiger partial charge in [-0.3, -0.25) is 0 Å². The first-order chi connectivity index (χ1) is 8.45. The minimum atomic E-state index is -3.43. The number of nitrogens with zero attached hydrogens (tertiary/aromatic N) is 3. The summed E-state index contributed by atoms with van der Waals surface area (Å²) in [7, 11) is -3.43. The molecule has 18 heavy (non-hydrogen) atoms. The molecular formula is C11H10ClN3O2S. The fourth-order valence-electron chi connectivity index (χ4n) is 1.77. The van der Waals surface area contributed by atoms with Gasteiger partial charge in [0.25, 0.3) is 0 Å². The molecule has 0 radical (unpaired) electrons. The second-order valence-electron chi connectivity index (χ2n) is 4.47. The van der Waals surface area contributed by atoms with Gasteiger partial charge < -0.3 is 0 Å². The van der Waals surface area contributed by atoms with Crippen molar-refractivity contribution in [2.24, 2.45) is 0 Å². The molecule has 0 spiro atoms. The van der Waals surface area contributed by atoms with Crippen LogP contribution < -0.4 is 0 Å². The van der Waals surface area contributed by atoms with Crippen LogP contribution in [-0.2, 0) is 9.84 Å². The summed E-state index contributed by atoms with van der Waals surface area (Å²) in [5, 5.41) is 0.740. The Morgan fingerprint density at radius 1 is 1.33 bits per heavy atom. The van der Waals surface area contributed by atoms with E-state index in [2.05, 4.69) is 15.0 Å². The van der Waals surface area contributed by atoms with Crippen molar-refractivity contribution in [3.8, 4) is 0 Å². The molecule has 2 aromatic heterocycles. The summed E-state index contributed by atoms with van der Waals surface area (Å²) in [4.78, 5) is 12.1. The van der Waals surface area contributed by atoms with Gasteiger partial charge in [-0.05, 0) is 18.9 Å². The molecule has 1 fully saturated rings. The molecule has 94 valence electrons. The molecule has 0 unspecified atom stereocenters. The Morgan fingerprint density at radius 2 is 2.06 bits per heavy atom. The van der Waals surface area contributed by atoms with E-state index in [1.807, 2.05) is 6.07 Å². The highest BCUT2D eigenvalue weighted by Gasteiger charge is 2.26. The van der Waals surface area contributed by atoms with Crippen LogP contribution in [0.2, 0.25) is 5.15 Å². The minimum Gasteiger partial charge on any atom is -0.238 e. The summed E-state index contributed by atoms with van der Waals surface area (Å²) in [6.45, 7) is 0. The largest absolute Gasteiger partial charge is 0.247 e. The van der Waals surface area contributed by atoms with E-state index < -0.39 is 9.84 Å². The highest BCUT2D eigenvalue weighted by molar-refractivity contribution is 7.90. The first kappa shape index (κ1) is 11.8. The Labute approximate surface area is 109 Å². The molecule has 0 amide bonds. The van der Waals surface area contributed by atoms with Crippen LogP contribution in [0.5, 0.6) is 0 Å². The van der Waals surface area contributed by atoms with Gasteiger partial charge in [-0.25, -0.2) is 23.4 Å². The second-order valence-corrected chi connectivity index (χ2v) is 6.74. The summed E-state index contributed by atoms with van der Waals surface area (Å²) in [6.07, 6.45) is 4.79. The molecule has 0 aliphatic heterocycles. The molecule has 0 saturated heterocycles. The summed E-state index contributed by atoms with van der Waals surface area (Å²) >= 11 is 6.06. The van der Waals surface area contributed by atoms with E-state index in [1.54, 1.807) is 0 Å². The van der Waals surface area contributed by atoms with Crippen LogP contribution in [0, 0.1) is 0 Å². The van der Waals surface area contributed by atoms with E-state index in [-0.39, 0.29) is 10.3 Å². The normalized spacial score (nSPS) is 16.1. The van der Waals surface area contributed by atoms with E-state index in [0.717, 1.165) is 30.2 Å². The number of rotatable bonds is 2. The van der Waals surface area contributed by atoms with Crippen molar-refractivity contribution in [1.82, 2.24) is 15.0 Å². The minimum absolute atomic E-state index is 0.224. The Bertz CT molecular complexity index is 741. The topological polar surface area (TPSA) is 72.8 Å². The predicted octanol–water partition coefficient (Wildman–Crippen LogP) is 1.96. The van der Waals surface area contributed by atoms with Gasteiger partial charge in [0, 0.05) is 29.5 Å². The maximum absolute atomic E-state index is 11.4. The van der Waals surface area contributed by atoms with Gasteiger partial charge in [0.15, 0.2) is 5.15 Å². The average Bonchev–Trinajstić information content (AvgIpc) is 3.11. The molecule has 0 N–H and O–H groups in total. The smallest absolute Gasteiger partial charge is 0.238 e. The van der Waals surface area contributed by atoms with Gasteiger partial charge in [0.05, 0.1) is 0 Å². The predicted molar refractivity (Wildman–Crippen MR) is 67.4 cm³/mol. The van der Waals surface area contributed by atoms with Crippen molar-refractivity contribution in [2.45, 2.75) is 23.9 Å². The van der Waals surface area contributed by atoms with Crippen molar-refractivity contribution in [3.05, 3.63) is 23.1 Å². The molecule has 1 saturated carbocycles. The maximum atomic E-state index is 11.4. The fraction of sp³-hybridized carbons (Fsp3) is 0.364. The van der Waals surface area contributed by atoms with E-state index in [9.17, 15) is 8.42 Å². The van der Waals surface area contributed by atoms with Crippen molar-refractivity contribution >= 4 is 32.3 Å². The number of sulfone groups is 1. The summed E-state index contributed by atoms with van der Waals surface area (Å²) in [5.41, 5.74) is 1.32. The molecular weight excluding hydrogens is 274 g/mol. The molecule has 1 aliphatic rings. The van der Waals surface area contributed by atoms with E-state index in [0.29, 0.717) is 11.4 Å². The molecule has 0 atom stereocenters. The highest BCUT2D eigenvalue weighted by Crippen LogP contribution is 2.40. The van der Waals surface area contributed by atoms with Crippen molar-refractivity contribution in [1.29, 1.82) is 0 Å². The molecule has 0 bridgehead atoms. The number of pyridine rings is 1. The molecule has 7 heteroatoms. The van der Waals surface area contributed by atoms with Gasteiger partial charge in [-0.15, -0.1) is 0 Å². The van der Waals surface area contributed by atoms with Crippen LogP contribution in [0.3, 0.4) is 0 Å². The first-order valence-corrected chi connectivity index (χ1v) is 7.75. The lowest BCUT2D eigenvalue weighted by Gasteiger charge is -2.04. The van der Waals surface area contributed by atoms with E-state index >= 15 is 0 Å². The van der Waals surface area contributed by atoms with E-state index in [1.165, 1.54) is 6.20 Å². The van der Waals surface area contributed by atoms with Crippen LogP contribution in [0.4, 0.5) is 0 Å². The molecule has 3 rings (SSSR count). The molecule has 2 aromatic rings. The van der Waals surface area contributed by atoms with Gasteiger partial charge in [-0.2, -0.15) is 0 Å². The number of aromatic nitrogens is 3. The number of fused-ring (bicyclic) bond motifs is 1. The zero-order valence-electron chi connectivity index (χ0n) is 9.59. The van der Waals surface area contributed by atoms with Gasteiger partial charge in [0.1, 0.15) is 5.52 Å². The second kappa shape index (κ2) is 3.86. The van der Waals surface area contributed by atoms with Crippen LogP contribution in [-0.4, -0.2) is 29.6 Å². The third kappa shape index (κ3) is 2.06. The Balaban J connectivity index is 2.23. The Kier molecular flexibility index (Phi) is 2.53. The standard InChI is InChI=1S/C11H10ClN3O2S/c1-18(16,17)11-13-5-7-4-8(6-2-3-6)14-10(12)9(7)15-11/h4-6H,2-3H2,1H3. The number of halogens is 1. The van der Waals surface area contributed by atoms with Crippen LogP contribution >= 0.6 is 11.6 Å². The zero-order chi connectivity index (χ0) is 12.9. The van der Waals surface area contributed by atoms with Crippen LogP contribution in [0.1, 0.15) is 24.5 Å². The van der Waals surface area contributed by atoms with Crippen LogP contribution in [0.25, 0.3) is 10.9 Å². The quantitative estimate of drug-likeness (QED) is 0.622. The summed E-state index contributed by atoms with van der Waals surface area (Å²) in [5.74, 6) is 0.474. The number of hydrogen-bond donors (Lipinski definition) is 0. The molecule has 1 aliphatic carbocycles. The Morgan fingerprint density at radius 3 is 2.67 bits per heavy atom.